The molecule has 0 spiro atoms. The lowest BCUT2D eigenvalue weighted by Crippen LogP contribution is -2.69. The van der Waals surface area contributed by atoms with E-state index in [1.54, 1.807) is 6.92 Å². The van der Waals surface area contributed by atoms with Crippen molar-refractivity contribution in [3.63, 3.8) is 0 Å². The highest BCUT2D eigenvalue weighted by Crippen LogP contribution is 2.42. The molecule has 0 aromatic carbocycles. The number of piperidine rings is 1. The Balaban J connectivity index is 1.67. The van der Waals surface area contributed by atoms with Gasteiger partial charge in [0.1, 0.15) is 6.17 Å². The van der Waals surface area contributed by atoms with Crippen molar-refractivity contribution >= 4 is 5.91 Å². The first-order valence-corrected chi connectivity index (χ1v) is 14.2. The Morgan fingerprint density at radius 1 is 1.05 bits per heavy atom. The van der Waals surface area contributed by atoms with Gasteiger partial charge in [-0.25, -0.2) is 4.39 Å². The van der Waals surface area contributed by atoms with Gasteiger partial charge >= 0.3 is 6.18 Å². The predicted molar refractivity (Wildman–Crippen MR) is 134 cm³/mol. The Hall–Kier alpha value is -1.01. The third-order valence-electron chi connectivity index (χ3n) is 9.00. The normalized spacial score (nSPS) is 37.4. The summed E-state index contributed by atoms with van der Waals surface area (Å²) in [5.74, 6) is -1.24. The van der Waals surface area contributed by atoms with Crippen LogP contribution in [-0.4, -0.2) is 82.7 Å². The molecule has 3 aliphatic rings. The summed E-state index contributed by atoms with van der Waals surface area (Å²) < 4.78 is 62.5. The van der Waals surface area contributed by atoms with Crippen LogP contribution in [0.1, 0.15) is 78.6 Å². The highest BCUT2D eigenvalue weighted by Gasteiger charge is 2.60. The summed E-state index contributed by atoms with van der Waals surface area (Å²) in [6.07, 6.45) is -4.64. The Morgan fingerprint density at radius 3 is 2.26 bits per heavy atom. The van der Waals surface area contributed by atoms with E-state index in [4.69, 9.17) is 4.74 Å². The van der Waals surface area contributed by atoms with Crippen molar-refractivity contribution in [2.45, 2.75) is 127 Å². The zero-order valence-corrected chi connectivity index (χ0v) is 22.7. The maximum Gasteiger partial charge on any atom is 0.420 e. The molecule has 3 fully saturated rings. The molecule has 2 saturated carbocycles. The molecular weight excluding hydrogens is 508 g/mol. The van der Waals surface area contributed by atoms with Gasteiger partial charge in [0.15, 0.2) is 5.60 Å². The van der Waals surface area contributed by atoms with Crippen molar-refractivity contribution in [3.8, 4) is 0 Å². The van der Waals surface area contributed by atoms with E-state index in [9.17, 15) is 37.7 Å². The fourth-order valence-electron chi connectivity index (χ4n) is 6.41. The fraction of sp³-hybridized carbons (Fsp3) is 0.963. The lowest BCUT2D eigenvalue weighted by atomic mass is 9.70. The Labute approximate surface area is 223 Å². The molecule has 1 heterocycles. The Kier molecular flexibility index (Phi) is 10.9. The highest BCUT2D eigenvalue weighted by molar-refractivity contribution is 5.78. The number of carbonyl (C=O) groups is 1. The molecule has 0 aromatic rings. The zero-order valence-electron chi connectivity index (χ0n) is 22.7. The van der Waals surface area contributed by atoms with Crippen molar-refractivity contribution in [1.82, 2.24) is 10.6 Å². The lowest BCUT2D eigenvalue weighted by Gasteiger charge is -2.48. The van der Waals surface area contributed by atoms with Crippen LogP contribution in [0.15, 0.2) is 0 Å². The molecule has 1 aliphatic heterocycles. The van der Waals surface area contributed by atoms with Crippen molar-refractivity contribution in [3.05, 3.63) is 0 Å². The van der Waals surface area contributed by atoms with E-state index in [0.717, 1.165) is 0 Å². The van der Waals surface area contributed by atoms with Gasteiger partial charge in [0.25, 0.3) is 0 Å². The van der Waals surface area contributed by atoms with Gasteiger partial charge in [-0.2, -0.15) is 13.2 Å². The minimum absolute atomic E-state index is 0.0250. The number of aliphatic hydroxyl groups excluding tert-OH is 2. The maximum absolute atomic E-state index is 14.4. The summed E-state index contributed by atoms with van der Waals surface area (Å²) >= 11 is 0. The van der Waals surface area contributed by atoms with Crippen LogP contribution in [0.25, 0.3) is 0 Å². The molecule has 0 bridgehead atoms. The SMILES string of the molecule is CC(C)C1CC(C2CCC(F)CC2)NC([C@](O)(CNC(=O)C2CCC(OC[C@@H](C)O)C(O)C2)C(F)(F)F)C1. The molecule has 222 valence electrons. The highest BCUT2D eigenvalue weighted by atomic mass is 19.4. The number of alkyl halides is 4. The summed E-state index contributed by atoms with van der Waals surface area (Å²) in [4.78, 5) is 12.9. The average Bonchev–Trinajstić information content (AvgIpc) is 2.85. The molecule has 0 radical (unpaired) electrons. The van der Waals surface area contributed by atoms with Gasteiger partial charge in [0.2, 0.25) is 5.91 Å². The summed E-state index contributed by atoms with van der Waals surface area (Å²) in [5.41, 5.74) is -3.18. The second-order valence-electron chi connectivity index (χ2n) is 12.3. The molecule has 0 aromatic heterocycles. The third kappa shape index (κ3) is 7.80. The van der Waals surface area contributed by atoms with Crippen LogP contribution in [0.2, 0.25) is 0 Å². The standard InChI is InChI=1S/C27H46F4N2O5/c1-15(2)19-10-21(17-4-7-20(28)8-5-17)33-24(12-19)26(37,27(29,30)31)14-32-25(36)18-6-9-23(22(35)11-18)38-13-16(3)34/h15-24,33-35,37H,4-14H2,1-3H3,(H,32,36)/t16-,17?,18?,19?,20?,21?,22?,23?,24?,26-/m1/s1. The second-order valence-corrected chi connectivity index (χ2v) is 12.3. The van der Waals surface area contributed by atoms with E-state index in [1.807, 2.05) is 13.8 Å². The van der Waals surface area contributed by atoms with Crippen molar-refractivity contribution < 1.29 is 42.4 Å². The van der Waals surface area contributed by atoms with Crippen LogP contribution in [-0.2, 0) is 9.53 Å². The number of hydrogen-bond acceptors (Lipinski definition) is 6. The van der Waals surface area contributed by atoms with Crippen LogP contribution in [0.3, 0.4) is 0 Å². The van der Waals surface area contributed by atoms with E-state index < -0.39 is 60.7 Å². The van der Waals surface area contributed by atoms with Gasteiger partial charge in [-0.1, -0.05) is 13.8 Å². The second kappa shape index (κ2) is 13.1. The summed E-state index contributed by atoms with van der Waals surface area (Å²) in [6.45, 7) is 4.52. The molecule has 8 atom stereocenters. The number of carbonyl (C=O) groups excluding carboxylic acids is 1. The molecule has 3 rings (SSSR count). The minimum Gasteiger partial charge on any atom is -0.391 e. The molecule has 6 unspecified atom stereocenters. The fourth-order valence-corrected chi connectivity index (χ4v) is 6.41. The molecule has 1 saturated heterocycles. The number of ether oxygens (including phenoxy) is 1. The van der Waals surface area contributed by atoms with Crippen LogP contribution in [0, 0.1) is 23.7 Å². The zero-order chi connectivity index (χ0) is 28.3. The van der Waals surface area contributed by atoms with Gasteiger partial charge in [0.05, 0.1) is 31.5 Å². The Morgan fingerprint density at radius 2 is 1.71 bits per heavy atom. The van der Waals surface area contributed by atoms with Gasteiger partial charge in [-0.3, -0.25) is 4.79 Å². The number of nitrogens with one attached hydrogen (secondary N) is 2. The average molecular weight is 555 g/mol. The van der Waals surface area contributed by atoms with Gasteiger partial charge in [-0.05, 0) is 82.5 Å². The lowest BCUT2D eigenvalue weighted by molar-refractivity contribution is -0.272. The van der Waals surface area contributed by atoms with Crippen LogP contribution < -0.4 is 10.6 Å². The smallest absolute Gasteiger partial charge is 0.391 e. The van der Waals surface area contributed by atoms with Crippen molar-refractivity contribution in [2.24, 2.45) is 23.7 Å². The van der Waals surface area contributed by atoms with Crippen LogP contribution in [0.4, 0.5) is 17.6 Å². The minimum atomic E-state index is -5.00. The predicted octanol–water partition coefficient (Wildman–Crippen LogP) is 3.24. The third-order valence-corrected chi connectivity index (χ3v) is 9.00. The van der Waals surface area contributed by atoms with Gasteiger partial charge < -0.3 is 30.7 Å². The molecule has 5 N–H and O–H groups in total. The quantitative estimate of drug-likeness (QED) is 0.280. The topological polar surface area (TPSA) is 111 Å². The monoisotopic (exact) mass is 554 g/mol. The number of hydrogen-bond donors (Lipinski definition) is 5. The van der Waals surface area contributed by atoms with Crippen molar-refractivity contribution in [2.75, 3.05) is 13.2 Å². The largest absolute Gasteiger partial charge is 0.420 e. The first kappa shape index (κ1) is 31.5. The number of amides is 1. The van der Waals surface area contributed by atoms with E-state index >= 15 is 0 Å². The molecular formula is C27H46F4N2O5. The molecule has 1 amide bonds. The summed E-state index contributed by atoms with van der Waals surface area (Å²) in [7, 11) is 0. The van der Waals surface area contributed by atoms with Crippen LogP contribution in [0.5, 0.6) is 0 Å². The molecule has 2 aliphatic carbocycles. The van der Waals surface area contributed by atoms with E-state index in [0.29, 0.717) is 44.9 Å². The maximum atomic E-state index is 14.4. The van der Waals surface area contributed by atoms with Gasteiger partial charge in [0, 0.05) is 18.0 Å². The van der Waals surface area contributed by atoms with E-state index in [-0.39, 0.29) is 43.2 Å². The molecule has 38 heavy (non-hydrogen) atoms. The number of halogens is 4. The summed E-state index contributed by atoms with van der Waals surface area (Å²) in [5, 5.41) is 36.3. The first-order chi connectivity index (χ1) is 17.7. The number of rotatable bonds is 9. The summed E-state index contributed by atoms with van der Waals surface area (Å²) in [6, 6.07) is -1.57. The first-order valence-electron chi connectivity index (χ1n) is 14.2. The van der Waals surface area contributed by atoms with Crippen molar-refractivity contribution in [1.29, 1.82) is 0 Å². The Bertz CT molecular complexity index is 762. The molecule has 7 nitrogen and oxygen atoms in total. The van der Waals surface area contributed by atoms with Crippen LogP contribution >= 0.6 is 0 Å². The van der Waals surface area contributed by atoms with E-state index in [2.05, 4.69) is 10.6 Å². The number of aliphatic hydroxyl groups is 3. The van der Waals surface area contributed by atoms with E-state index in [1.165, 1.54) is 0 Å². The van der Waals surface area contributed by atoms with Gasteiger partial charge in [-0.15, -0.1) is 0 Å². The molecule has 11 heteroatoms.